The van der Waals surface area contributed by atoms with E-state index in [0.29, 0.717) is 30.7 Å². The van der Waals surface area contributed by atoms with Crippen molar-refractivity contribution in [2.24, 2.45) is 5.92 Å². The molecule has 2 aliphatic carbocycles. The average Bonchev–Trinajstić information content (AvgIpc) is 3.24. The molecule has 2 bridgehead atoms. The first-order chi connectivity index (χ1) is 19.0. The largest absolute Gasteiger partial charge is 0.504 e. The van der Waals surface area contributed by atoms with E-state index in [0.717, 1.165) is 68.5 Å². The Balaban J connectivity index is 1.22. The van der Waals surface area contributed by atoms with Crippen LogP contribution in [0.3, 0.4) is 0 Å². The van der Waals surface area contributed by atoms with Crippen molar-refractivity contribution in [1.82, 2.24) is 4.90 Å². The molecule has 7 rings (SSSR count). The van der Waals surface area contributed by atoms with E-state index in [1.807, 2.05) is 13.0 Å². The van der Waals surface area contributed by atoms with E-state index in [4.69, 9.17) is 9.47 Å². The second-order valence-electron chi connectivity index (χ2n) is 12.0. The summed E-state index contributed by atoms with van der Waals surface area (Å²) in [4.78, 5) is 16.2. The first-order valence-electron chi connectivity index (χ1n) is 14.6. The van der Waals surface area contributed by atoms with E-state index in [1.165, 1.54) is 11.1 Å². The molecule has 3 aromatic rings. The number of ether oxygens (including phenoxy) is 2. The third-order valence-corrected chi connectivity index (χ3v) is 10.2. The number of phenols is 1. The van der Waals surface area contributed by atoms with Crippen LogP contribution >= 0.6 is 0 Å². The molecule has 2 aliphatic heterocycles. The Bertz CT molecular complexity index is 1390. The summed E-state index contributed by atoms with van der Waals surface area (Å²) in [5.74, 6) is 1.89. The van der Waals surface area contributed by atoms with Crippen LogP contribution in [0, 0.1) is 5.92 Å². The highest BCUT2D eigenvalue weighted by Gasteiger charge is 2.72. The van der Waals surface area contributed by atoms with Crippen molar-refractivity contribution in [3.8, 4) is 17.2 Å². The highest BCUT2D eigenvalue weighted by molar-refractivity contribution is 5.93. The van der Waals surface area contributed by atoms with Crippen LogP contribution in [0.2, 0.25) is 0 Å². The number of phenolic OH excluding ortho intramolecular Hbond substituents is 1. The van der Waals surface area contributed by atoms with Crippen molar-refractivity contribution in [2.45, 2.75) is 68.9 Å². The summed E-state index contributed by atoms with van der Waals surface area (Å²) < 4.78 is 13.0. The standard InChI is InChI=1S/C34H37NO4/c1-33-30(37)15-14-26-27-21-25-29(38-20-8-13-23-9-4-2-5-10-23)22-28(36)32(39-33)31(25)34(26,33)17-19-35(27)18-16-24-11-6-3-7-12-24/h2-7,9-12,22,26-27,36H,8,13-21H2,1H3/t26-,27+,33-,34-/m0/s1. The molecule has 1 saturated carbocycles. The minimum atomic E-state index is -0.930. The lowest BCUT2D eigenvalue weighted by atomic mass is 9.47. The van der Waals surface area contributed by atoms with Crippen molar-refractivity contribution in [3.63, 3.8) is 0 Å². The number of likely N-dealkylation sites (tertiary alicyclic amines) is 1. The molecule has 2 fully saturated rings. The van der Waals surface area contributed by atoms with Gasteiger partial charge in [-0.2, -0.15) is 0 Å². The smallest absolute Gasteiger partial charge is 0.177 e. The van der Waals surface area contributed by atoms with Gasteiger partial charge in [-0.25, -0.2) is 0 Å². The predicted octanol–water partition coefficient (Wildman–Crippen LogP) is 5.64. The van der Waals surface area contributed by atoms with E-state index < -0.39 is 11.0 Å². The molecule has 202 valence electrons. The van der Waals surface area contributed by atoms with Crippen molar-refractivity contribution < 1.29 is 19.4 Å². The normalized spacial score (nSPS) is 28.6. The van der Waals surface area contributed by atoms with Gasteiger partial charge in [-0.05, 0) is 69.0 Å². The molecule has 0 unspecified atom stereocenters. The molecule has 0 radical (unpaired) electrons. The Kier molecular flexibility index (Phi) is 5.96. The van der Waals surface area contributed by atoms with E-state index in [-0.39, 0.29) is 11.5 Å². The number of carbonyl (C=O) groups is 1. The molecule has 1 saturated heterocycles. The molecule has 2 heterocycles. The molecular weight excluding hydrogens is 486 g/mol. The average molecular weight is 524 g/mol. The fraction of sp³-hybridized carbons (Fsp3) is 0.441. The van der Waals surface area contributed by atoms with Gasteiger partial charge < -0.3 is 14.6 Å². The molecule has 4 atom stereocenters. The van der Waals surface area contributed by atoms with Crippen molar-refractivity contribution in [3.05, 3.63) is 89.0 Å². The topological polar surface area (TPSA) is 59.0 Å². The minimum Gasteiger partial charge on any atom is -0.504 e. The maximum Gasteiger partial charge on any atom is 0.177 e. The molecule has 5 heteroatoms. The highest BCUT2D eigenvalue weighted by Crippen LogP contribution is 2.68. The van der Waals surface area contributed by atoms with Crippen LogP contribution in [0.25, 0.3) is 0 Å². The Morgan fingerprint density at radius 2 is 1.77 bits per heavy atom. The van der Waals surface area contributed by atoms with Gasteiger partial charge in [0.25, 0.3) is 0 Å². The quantitative estimate of drug-likeness (QED) is 0.387. The summed E-state index contributed by atoms with van der Waals surface area (Å²) in [6.45, 7) is 4.51. The second-order valence-corrected chi connectivity index (χ2v) is 12.0. The molecule has 0 amide bonds. The van der Waals surface area contributed by atoms with Crippen LogP contribution in [-0.4, -0.2) is 47.1 Å². The Labute approximate surface area is 230 Å². The lowest BCUT2D eigenvalue weighted by molar-refractivity contribution is -0.154. The van der Waals surface area contributed by atoms with Gasteiger partial charge >= 0.3 is 0 Å². The zero-order valence-corrected chi connectivity index (χ0v) is 22.7. The molecule has 3 aromatic carbocycles. The first kappa shape index (κ1) is 24.7. The number of piperidine rings is 1. The number of aromatic hydroxyl groups is 1. The number of ketones is 1. The van der Waals surface area contributed by atoms with Crippen LogP contribution in [0.5, 0.6) is 17.2 Å². The fourth-order valence-electron chi connectivity index (χ4n) is 8.31. The Morgan fingerprint density at radius 3 is 2.51 bits per heavy atom. The Hall–Kier alpha value is -3.31. The summed E-state index contributed by atoms with van der Waals surface area (Å²) in [6.07, 6.45) is 6.01. The zero-order valence-electron chi connectivity index (χ0n) is 22.7. The zero-order chi connectivity index (χ0) is 26.6. The van der Waals surface area contributed by atoms with Crippen LogP contribution < -0.4 is 9.47 Å². The van der Waals surface area contributed by atoms with Crippen molar-refractivity contribution in [1.29, 1.82) is 0 Å². The van der Waals surface area contributed by atoms with Gasteiger partial charge in [-0.15, -0.1) is 0 Å². The third kappa shape index (κ3) is 3.73. The molecule has 4 aliphatic rings. The predicted molar refractivity (Wildman–Crippen MR) is 151 cm³/mol. The number of Topliss-reactive ketones (excluding diaryl/α,β-unsaturated/α-hetero) is 1. The molecule has 1 N–H and O–H groups in total. The SMILES string of the molecule is C[C@@]12Oc3c(O)cc(OCCCc4ccccc4)c4c3[C@@]13CCN(CCc1ccccc1)[C@H](C4)[C@@H]3CCC2=O. The lowest BCUT2D eigenvalue weighted by Gasteiger charge is -2.60. The molecule has 5 nitrogen and oxygen atoms in total. The van der Waals surface area contributed by atoms with Gasteiger partial charge in [0.05, 0.1) is 12.0 Å². The van der Waals surface area contributed by atoms with Gasteiger partial charge in [-0.3, -0.25) is 9.69 Å². The summed E-state index contributed by atoms with van der Waals surface area (Å²) in [7, 11) is 0. The van der Waals surface area contributed by atoms with Gasteiger partial charge in [0, 0.05) is 36.2 Å². The fourth-order valence-corrected chi connectivity index (χ4v) is 8.31. The summed E-state index contributed by atoms with van der Waals surface area (Å²) >= 11 is 0. The van der Waals surface area contributed by atoms with Crippen LogP contribution in [0.15, 0.2) is 66.7 Å². The number of rotatable bonds is 8. The number of hydrogen-bond acceptors (Lipinski definition) is 5. The van der Waals surface area contributed by atoms with Gasteiger partial charge in [-0.1, -0.05) is 60.7 Å². The first-order valence-corrected chi connectivity index (χ1v) is 14.6. The van der Waals surface area contributed by atoms with Crippen molar-refractivity contribution in [2.75, 3.05) is 19.7 Å². The van der Waals surface area contributed by atoms with Crippen LogP contribution in [0.1, 0.15) is 54.9 Å². The number of nitrogens with zero attached hydrogens (tertiary/aromatic N) is 1. The summed E-state index contributed by atoms with van der Waals surface area (Å²) in [5, 5.41) is 11.2. The maximum atomic E-state index is 13.5. The van der Waals surface area contributed by atoms with E-state index in [9.17, 15) is 9.90 Å². The van der Waals surface area contributed by atoms with Gasteiger partial charge in [0.1, 0.15) is 5.75 Å². The number of aryl methyl sites for hydroxylation is 1. The second kappa shape index (κ2) is 9.41. The molecule has 0 aromatic heterocycles. The maximum absolute atomic E-state index is 13.5. The lowest BCUT2D eigenvalue weighted by Crippen LogP contribution is -2.70. The summed E-state index contributed by atoms with van der Waals surface area (Å²) in [5.41, 5.74) is 3.54. The van der Waals surface area contributed by atoms with Crippen LogP contribution in [-0.2, 0) is 29.5 Å². The van der Waals surface area contributed by atoms with Crippen LogP contribution in [0.4, 0.5) is 0 Å². The molecule has 1 spiro atoms. The van der Waals surface area contributed by atoms with Gasteiger partial charge in [0.15, 0.2) is 22.9 Å². The highest BCUT2D eigenvalue weighted by atomic mass is 16.5. The number of benzene rings is 3. The molecular formula is C34H37NO4. The van der Waals surface area contributed by atoms with E-state index in [1.54, 1.807) is 6.07 Å². The van der Waals surface area contributed by atoms with E-state index in [2.05, 4.69) is 59.5 Å². The van der Waals surface area contributed by atoms with Gasteiger partial charge in [0.2, 0.25) is 0 Å². The molecule has 39 heavy (non-hydrogen) atoms. The number of carbonyl (C=O) groups excluding carboxylic acids is 1. The summed E-state index contributed by atoms with van der Waals surface area (Å²) in [6, 6.07) is 23.2. The monoisotopic (exact) mass is 523 g/mol. The number of hydrogen-bond donors (Lipinski definition) is 1. The minimum absolute atomic E-state index is 0.105. The van der Waals surface area contributed by atoms with E-state index >= 15 is 0 Å². The van der Waals surface area contributed by atoms with Crippen molar-refractivity contribution >= 4 is 5.78 Å². The Morgan fingerprint density at radius 1 is 1.05 bits per heavy atom. The third-order valence-electron chi connectivity index (χ3n) is 10.2.